The Bertz CT molecular complexity index is 1110. The molecule has 7 nitrogen and oxygen atoms in total. The molecule has 0 aliphatic carbocycles. The van der Waals surface area contributed by atoms with Gasteiger partial charge in [-0.2, -0.15) is 0 Å². The lowest BCUT2D eigenvalue weighted by atomic mass is 9.96. The van der Waals surface area contributed by atoms with Crippen LogP contribution in [0, 0.1) is 5.92 Å². The number of fused-ring (bicyclic) bond motifs is 3. The van der Waals surface area contributed by atoms with E-state index in [1.165, 1.54) is 0 Å². The molecule has 0 bridgehead atoms. The molecule has 0 radical (unpaired) electrons. The van der Waals surface area contributed by atoms with Crippen LogP contribution in [0.2, 0.25) is 0 Å². The maximum atomic E-state index is 12.4. The minimum atomic E-state index is -0.470. The molecule has 3 heterocycles. The zero-order chi connectivity index (χ0) is 22.9. The van der Waals surface area contributed by atoms with Gasteiger partial charge in [-0.25, -0.2) is 9.78 Å². The van der Waals surface area contributed by atoms with Crippen molar-refractivity contribution in [3.8, 4) is 0 Å². The molecule has 1 aliphatic heterocycles. The quantitative estimate of drug-likeness (QED) is 0.458. The standard InChI is InChI=1S/C24H31BrN4O3/c1-5-31-15-21-27-20-13-26-19-12-17(25)6-7-18(19)22(20)29(21)14-16-8-10-28(11-9-16)23(30)32-24(2,3)4/h6-7,12-13,16H,5,8-11,14-15H2,1-4H3. The fraction of sp³-hybridized carbons (Fsp3) is 0.542. The van der Waals surface area contributed by atoms with Crippen molar-refractivity contribution in [2.45, 2.75) is 59.3 Å². The number of pyridine rings is 1. The molecular weight excluding hydrogens is 472 g/mol. The molecule has 3 aromatic rings. The smallest absolute Gasteiger partial charge is 0.410 e. The summed E-state index contributed by atoms with van der Waals surface area (Å²) in [6.07, 6.45) is 3.49. The van der Waals surface area contributed by atoms with Crippen molar-refractivity contribution in [1.82, 2.24) is 19.4 Å². The van der Waals surface area contributed by atoms with Crippen molar-refractivity contribution in [1.29, 1.82) is 0 Å². The maximum absolute atomic E-state index is 12.4. The molecule has 0 N–H and O–H groups in total. The van der Waals surface area contributed by atoms with E-state index >= 15 is 0 Å². The van der Waals surface area contributed by atoms with E-state index in [1.807, 2.05) is 50.9 Å². The number of hydrogen-bond acceptors (Lipinski definition) is 5. The number of ether oxygens (including phenoxy) is 2. The van der Waals surface area contributed by atoms with Crippen molar-refractivity contribution < 1.29 is 14.3 Å². The predicted molar refractivity (Wildman–Crippen MR) is 129 cm³/mol. The summed E-state index contributed by atoms with van der Waals surface area (Å²) in [5.41, 5.74) is 2.46. The number of nitrogens with zero attached hydrogens (tertiary/aromatic N) is 4. The second-order valence-electron chi connectivity index (χ2n) is 9.34. The molecule has 4 rings (SSSR count). The molecule has 1 aromatic carbocycles. The Morgan fingerprint density at radius 1 is 1.22 bits per heavy atom. The van der Waals surface area contributed by atoms with Gasteiger partial charge in [0.25, 0.3) is 0 Å². The molecule has 0 atom stereocenters. The van der Waals surface area contributed by atoms with Crippen molar-refractivity contribution >= 4 is 44.0 Å². The fourth-order valence-corrected chi connectivity index (χ4v) is 4.57. The van der Waals surface area contributed by atoms with Crippen molar-refractivity contribution in [3.05, 3.63) is 34.7 Å². The summed E-state index contributed by atoms with van der Waals surface area (Å²) in [5, 5.41) is 1.09. The van der Waals surface area contributed by atoms with E-state index in [4.69, 9.17) is 14.5 Å². The number of hydrogen-bond donors (Lipinski definition) is 0. The number of carbonyl (C=O) groups is 1. The number of rotatable bonds is 5. The van der Waals surface area contributed by atoms with Crippen LogP contribution < -0.4 is 0 Å². The first-order valence-electron chi connectivity index (χ1n) is 11.2. The van der Waals surface area contributed by atoms with Crippen LogP contribution in [0.15, 0.2) is 28.9 Å². The van der Waals surface area contributed by atoms with Gasteiger partial charge in [0, 0.05) is 36.1 Å². The van der Waals surface area contributed by atoms with Crippen LogP contribution in [0.1, 0.15) is 46.4 Å². The SMILES string of the molecule is CCOCc1nc2cnc3cc(Br)ccc3c2n1CC1CCN(C(=O)OC(C)(C)C)CC1. The summed E-state index contributed by atoms with van der Waals surface area (Å²) in [4.78, 5) is 23.7. The second kappa shape index (κ2) is 9.35. The Hall–Kier alpha value is -2.19. The summed E-state index contributed by atoms with van der Waals surface area (Å²) >= 11 is 3.54. The third kappa shape index (κ3) is 5.07. The number of imidazole rings is 1. The summed E-state index contributed by atoms with van der Waals surface area (Å²) in [7, 11) is 0. The highest BCUT2D eigenvalue weighted by atomic mass is 79.9. The molecule has 1 saturated heterocycles. The van der Waals surface area contributed by atoms with Gasteiger partial charge in [0.15, 0.2) is 0 Å². The average molecular weight is 503 g/mol. The maximum Gasteiger partial charge on any atom is 0.410 e. The summed E-state index contributed by atoms with van der Waals surface area (Å²) in [6.45, 7) is 11.1. The van der Waals surface area contributed by atoms with Crippen LogP contribution in [0.25, 0.3) is 21.9 Å². The van der Waals surface area contributed by atoms with Crippen LogP contribution in [-0.2, 0) is 22.6 Å². The van der Waals surface area contributed by atoms with E-state index in [-0.39, 0.29) is 6.09 Å². The normalized spacial score (nSPS) is 15.6. The Morgan fingerprint density at radius 2 is 1.97 bits per heavy atom. The summed E-state index contributed by atoms with van der Waals surface area (Å²) < 4.78 is 14.6. The third-order valence-electron chi connectivity index (χ3n) is 5.76. The fourth-order valence-electron chi connectivity index (χ4n) is 4.22. The molecule has 1 amide bonds. The third-order valence-corrected chi connectivity index (χ3v) is 6.25. The van der Waals surface area contributed by atoms with Crippen molar-refractivity contribution in [2.75, 3.05) is 19.7 Å². The molecule has 2 aromatic heterocycles. The van der Waals surface area contributed by atoms with Gasteiger partial charge in [-0.3, -0.25) is 4.98 Å². The lowest BCUT2D eigenvalue weighted by Gasteiger charge is -2.33. The van der Waals surface area contributed by atoms with Gasteiger partial charge in [0.1, 0.15) is 23.5 Å². The Balaban J connectivity index is 1.58. The molecule has 32 heavy (non-hydrogen) atoms. The monoisotopic (exact) mass is 502 g/mol. The van der Waals surface area contributed by atoms with E-state index in [2.05, 4.69) is 31.5 Å². The van der Waals surface area contributed by atoms with Gasteiger partial charge >= 0.3 is 6.09 Å². The Morgan fingerprint density at radius 3 is 2.66 bits per heavy atom. The lowest BCUT2D eigenvalue weighted by Crippen LogP contribution is -2.42. The van der Waals surface area contributed by atoms with Crippen molar-refractivity contribution in [2.24, 2.45) is 5.92 Å². The molecule has 8 heteroatoms. The van der Waals surface area contributed by atoms with Crippen LogP contribution in [0.4, 0.5) is 4.79 Å². The highest BCUT2D eigenvalue weighted by molar-refractivity contribution is 9.10. The van der Waals surface area contributed by atoms with E-state index < -0.39 is 5.60 Å². The van der Waals surface area contributed by atoms with Gasteiger partial charge in [0.05, 0.1) is 17.2 Å². The number of aromatic nitrogens is 3. The van der Waals surface area contributed by atoms with E-state index in [0.717, 1.165) is 51.6 Å². The first-order chi connectivity index (χ1) is 15.2. The highest BCUT2D eigenvalue weighted by Crippen LogP contribution is 2.30. The van der Waals surface area contributed by atoms with Gasteiger partial charge in [0.2, 0.25) is 0 Å². The Labute approximate surface area is 197 Å². The topological polar surface area (TPSA) is 69.5 Å². The number of benzene rings is 1. The molecule has 172 valence electrons. The molecule has 1 fully saturated rings. The minimum absolute atomic E-state index is 0.219. The van der Waals surface area contributed by atoms with E-state index in [0.29, 0.717) is 32.2 Å². The first-order valence-corrected chi connectivity index (χ1v) is 12.0. The predicted octanol–water partition coefficient (Wildman–Crippen LogP) is 5.53. The molecule has 0 saturated carbocycles. The zero-order valence-corrected chi connectivity index (χ0v) is 20.8. The van der Waals surface area contributed by atoms with Gasteiger partial charge in [-0.15, -0.1) is 0 Å². The highest BCUT2D eigenvalue weighted by Gasteiger charge is 2.28. The molecule has 0 unspecified atom stereocenters. The van der Waals surface area contributed by atoms with Crippen LogP contribution in [0.3, 0.4) is 0 Å². The number of piperidine rings is 1. The lowest BCUT2D eigenvalue weighted by molar-refractivity contribution is 0.0177. The molecule has 0 spiro atoms. The summed E-state index contributed by atoms with van der Waals surface area (Å²) in [5.74, 6) is 1.37. The summed E-state index contributed by atoms with van der Waals surface area (Å²) in [6, 6.07) is 6.18. The zero-order valence-electron chi connectivity index (χ0n) is 19.2. The average Bonchev–Trinajstić information content (AvgIpc) is 3.09. The van der Waals surface area contributed by atoms with E-state index in [1.54, 1.807) is 0 Å². The van der Waals surface area contributed by atoms with Gasteiger partial charge in [-0.1, -0.05) is 15.9 Å². The number of halogens is 1. The van der Waals surface area contributed by atoms with Crippen LogP contribution >= 0.6 is 15.9 Å². The molecule has 1 aliphatic rings. The minimum Gasteiger partial charge on any atom is -0.444 e. The number of likely N-dealkylation sites (tertiary alicyclic amines) is 1. The largest absolute Gasteiger partial charge is 0.444 e. The number of amides is 1. The van der Waals surface area contributed by atoms with E-state index in [9.17, 15) is 4.79 Å². The van der Waals surface area contributed by atoms with Gasteiger partial charge in [-0.05, 0) is 64.7 Å². The number of carbonyl (C=O) groups excluding carboxylic acids is 1. The second-order valence-corrected chi connectivity index (χ2v) is 10.3. The first kappa shape index (κ1) is 23.0. The van der Waals surface area contributed by atoms with Crippen LogP contribution in [0.5, 0.6) is 0 Å². The van der Waals surface area contributed by atoms with Crippen LogP contribution in [-0.4, -0.2) is 50.8 Å². The molecular formula is C24H31BrN4O3. The van der Waals surface area contributed by atoms with Crippen molar-refractivity contribution in [3.63, 3.8) is 0 Å². The van der Waals surface area contributed by atoms with Gasteiger partial charge < -0.3 is 18.9 Å². The Kier molecular flexibility index (Phi) is 6.72.